The largest absolute Gasteiger partial charge is 0.395 e. The van der Waals surface area contributed by atoms with Crippen molar-refractivity contribution in [1.82, 2.24) is 4.90 Å². The van der Waals surface area contributed by atoms with E-state index in [9.17, 15) is 5.11 Å². The maximum atomic E-state index is 9.38. The highest BCUT2D eigenvalue weighted by atomic mass is 16.5. The zero-order chi connectivity index (χ0) is 11.4. The highest BCUT2D eigenvalue weighted by Crippen LogP contribution is 2.24. The molecule has 1 aliphatic rings. The van der Waals surface area contributed by atoms with Gasteiger partial charge in [0.1, 0.15) is 0 Å². The van der Waals surface area contributed by atoms with Crippen LogP contribution in [0.5, 0.6) is 0 Å². The molecule has 4 atom stereocenters. The second-order valence-electron chi connectivity index (χ2n) is 4.78. The van der Waals surface area contributed by atoms with Crippen molar-refractivity contribution in [3.8, 4) is 0 Å². The second-order valence-corrected chi connectivity index (χ2v) is 4.78. The molecule has 0 aromatic carbocycles. The third-order valence-corrected chi connectivity index (χ3v) is 3.53. The molecule has 1 aliphatic heterocycles. The van der Waals surface area contributed by atoms with Gasteiger partial charge in [-0.15, -0.1) is 0 Å². The van der Waals surface area contributed by atoms with E-state index in [0.717, 1.165) is 13.1 Å². The first-order valence-electron chi connectivity index (χ1n) is 5.69. The summed E-state index contributed by atoms with van der Waals surface area (Å²) < 4.78 is 5.04. The molecular weight excluding hydrogens is 192 g/mol. The van der Waals surface area contributed by atoms with Gasteiger partial charge in [0.15, 0.2) is 0 Å². The standard InChI is InChI=1S/C11H24N2O2/c1-8-4-13(5-9(8)2)11(6-14)10(12)7-15-3/h8-11,14H,4-7,12H2,1-3H3. The van der Waals surface area contributed by atoms with Crippen molar-refractivity contribution in [2.24, 2.45) is 17.6 Å². The number of ether oxygens (including phenoxy) is 1. The van der Waals surface area contributed by atoms with Gasteiger partial charge >= 0.3 is 0 Å². The van der Waals surface area contributed by atoms with E-state index in [1.165, 1.54) is 0 Å². The molecule has 0 radical (unpaired) electrons. The Hall–Kier alpha value is -0.160. The predicted molar refractivity (Wildman–Crippen MR) is 60.6 cm³/mol. The van der Waals surface area contributed by atoms with Crippen LogP contribution in [-0.4, -0.2) is 55.5 Å². The number of methoxy groups -OCH3 is 1. The van der Waals surface area contributed by atoms with Crippen LogP contribution in [0.2, 0.25) is 0 Å². The summed E-state index contributed by atoms with van der Waals surface area (Å²) in [5.74, 6) is 1.38. The molecule has 4 nitrogen and oxygen atoms in total. The highest BCUT2D eigenvalue weighted by Gasteiger charge is 2.33. The maximum Gasteiger partial charge on any atom is 0.0629 e. The van der Waals surface area contributed by atoms with E-state index < -0.39 is 0 Å². The summed E-state index contributed by atoms with van der Waals surface area (Å²) in [5.41, 5.74) is 5.98. The lowest BCUT2D eigenvalue weighted by Gasteiger charge is -2.30. The summed E-state index contributed by atoms with van der Waals surface area (Å²) in [6.45, 7) is 7.18. The van der Waals surface area contributed by atoms with Gasteiger partial charge in [0.25, 0.3) is 0 Å². The van der Waals surface area contributed by atoms with E-state index in [0.29, 0.717) is 18.4 Å². The van der Waals surface area contributed by atoms with E-state index >= 15 is 0 Å². The van der Waals surface area contributed by atoms with Crippen molar-refractivity contribution in [2.45, 2.75) is 25.9 Å². The monoisotopic (exact) mass is 216 g/mol. The fraction of sp³-hybridized carbons (Fsp3) is 1.00. The summed E-state index contributed by atoms with van der Waals surface area (Å²) in [4.78, 5) is 2.29. The van der Waals surface area contributed by atoms with Crippen LogP contribution < -0.4 is 5.73 Å². The van der Waals surface area contributed by atoms with Crippen molar-refractivity contribution < 1.29 is 9.84 Å². The number of hydrogen-bond acceptors (Lipinski definition) is 4. The molecule has 4 unspecified atom stereocenters. The van der Waals surface area contributed by atoms with E-state index in [1.54, 1.807) is 7.11 Å². The fourth-order valence-electron chi connectivity index (χ4n) is 2.27. The van der Waals surface area contributed by atoms with E-state index in [4.69, 9.17) is 10.5 Å². The van der Waals surface area contributed by atoms with E-state index in [2.05, 4.69) is 18.7 Å². The van der Waals surface area contributed by atoms with Crippen LogP contribution in [0.25, 0.3) is 0 Å². The predicted octanol–water partition coefficient (Wildman–Crippen LogP) is -0.0912. The second kappa shape index (κ2) is 5.80. The molecule has 15 heavy (non-hydrogen) atoms. The lowest BCUT2D eigenvalue weighted by molar-refractivity contribution is 0.0815. The molecule has 90 valence electrons. The topological polar surface area (TPSA) is 58.7 Å². The van der Waals surface area contributed by atoms with Gasteiger partial charge in [-0.2, -0.15) is 0 Å². The van der Waals surface area contributed by atoms with Gasteiger partial charge in [-0.25, -0.2) is 0 Å². The summed E-state index contributed by atoms with van der Waals surface area (Å²) >= 11 is 0. The quantitative estimate of drug-likeness (QED) is 0.674. The van der Waals surface area contributed by atoms with Crippen molar-refractivity contribution >= 4 is 0 Å². The third-order valence-electron chi connectivity index (χ3n) is 3.53. The first-order chi connectivity index (χ1) is 7.10. The summed E-state index contributed by atoms with van der Waals surface area (Å²) in [6.07, 6.45) is 0. The van der Waals surface area contributed by atoms with Crippen LogP contribution in [0.3, 0.4) is 0 Å². The minimum Gasteiger partial charge on any atom is -0.395 e. The van der Waals surface area contributed by atoms with Gasteiger partial charge in [-0.3, -0.25) is 4.90 Å². The number of nitrogens with two attached hydrogens (primary N) is 1. The molecule has 1 heterocycles. The summed E-state index contributed by atoms with van der Waals surface area (Å²) in [7, 11) is 1.64. The van der Waals surface area contributed by atoms with E-state index in [-0.39, 0.29) is 18.7 Å². The number of likely N-dealkylation sites (tertiary alicyclic amines) is 1. The normalized spacial score (nSPS) is 31.8. The average Bonchev–Trinajstić information content (AvgIpc) is 2.48. The molecule has 4 heteroatoms. The van der Waals surface area contributed by atoms with Crippen LogP contribution >= 0.6 is 0 Å². The van der Waals surface area contributed by atoms with Crippen LogP contribution in [0.4, 0.5) is 0 Å². The number of hydrogen-bond donors (Lipinski definition) is 2. The Labute approximate surface area is 92.4 Å². The highest BCUT2D eigenvalue weighted by molar-refractivity contribution is 4.88. The first-order valence-corrected chi connectivity index (χ1v) is 5.69. The Bertz CT molecular complexity index is 179. The molecule has 1 fully saturated rings. The number of aliphatic hydroxyl groups excluding tert-OH is 1. The Morgan fingerprint density at radius 1 is 1.40 bits per heavy atom. The molecule has 0 aromatic heterocycles. The van der Waals surface area contributed by atoms with Gasteiger partial charge in [0.2, 0.25) is 0 Å². The van der Waals surface area contributed by atoms with Gasteiger partial charge in [0, 0.05) is 26.2 Å². The molecule has 0 aromatic rings. The van der Waals surface area contributed by atoms with Gasteiger partial charge in [-0.1, -0.05) is 13.8 Å². The Balaban J connectivity index is 2.52. The Morgan fingerprint density at radius 3 is 2.33 bits per heavy atom. The van der Waals surface area contributed by atoms with E-state index in [1.807, 2.05) is 0 Å². The molecule has 3 N–H and O–H groups in total. The molecular formula is C11H24N2O2. The van der Waals surface area contributed by atoms with Crippen molar-refractivity contribution in [3.63, 3.8) is 0 Å². The number of aliphatic hydroxyl groups is 1. The molecule has 1 rings (SSSR count). The molecule has 0 bridgehead atoms. The zero-order valence-electron chi connectivity index (χ0n) is 10.0. The maximum absolute atomic E-state index is 9.38. The molecule has 0 aliphatic carbocycles. The molecule has 1 saturated heterocycles. The minimum absolute atomic E-state index is 0.0392. The first kappa shape index (κ1) is 12.9. The molecule has 0 amide bonds. The molecule has 0 saturated carbocycles. The average molecular weight is 216 g/mol. The van der Waals surface area contributed by atoms with Crippen molar-refractivity contribution in [2.75, 3.05) is 33.4 Å². The smallest absolute Gasteiger partial charge is 0.0629 e. The lowest BCUT2D eigenvalue weighted by Crippen LogP contribution is -2.51. The summed E-state index contributed by atoms with van der Waals surface area (Å²) in [5, 5.41) is 9.38. The van der Waals surface area contributed by atoms with Crippen LogP contribution in [0.1, 0.15) is 13.8 Å². The zero-order valence-corrected chi connectivity index (χ0v) is 10.0. The SMILES string of the molecule is COCC(N)C(CO)N1CC(C)C(C)C1. The minimum atomic E-state index is -0.0995. The van der Waals surface area contributed by atoms with Crippen LogP contribution in [-0.2, 0) is 4.74 Å². The lowest BCUT2D eigenvalue weighted by atomic mass is 10.0. The Kier molecular flexibility index (Phi) is 4.99. The van der Waals surface area contributed by atoms with Gasteiger partial charge < -0.3 is 15.6 Å². The molecule has 0 spiro atoms. The summed E-state index contributed by atoms with van der Waals surface area (Å²) in [6, 6.07) is -0.0603. The van der Waals surface area contributed by atoms with Crippen molar-refractivity contribution in [1.29, 1.82) is 0 Å². The van der Waals surface area contributed by atoms with Crippen LogP contribution in [0.15, 0.2) is 0 Å². The number of rotatable bonds is 5. The fourth-order valence-corrected chi connectivity index (χ4v) is 2.27. The van der Waals surface area contributed by atoms with Crippen LogP contribution in [0, 0.1) is 11.8 Å². The third kappa shape index (κ3) is 3.14. The van der Waals surface area contributed by atoms with Gasteiger partial charge in [0.05, 0.1) is 19.3 Å². The van der Waals surface area contributed by atoms with Gasteiger partial charge in [-0.05, 0) is 11.8 Å². The van der Waals surface area contributed by atoms with Crippen molar-refractivity contribution in [3.05, 3.63) is 0 Å². The Morgan fingerprint density at radius 2 is 1.93 bits per heavy atom. The number of nitrogens with zero attached hydrogens (tertiary/aromatic N) is 1.